The lowest BCUT2D eigenvalue weighted by Gasteiger charge is -2.18. The molecule has 5 nitrogen and oxygen atoms in total. The lowest BCUT2D eigenvalue weighted by Crippen LogP contribution is -2.11. The minimum atomic E-state index is 0.300. The molecule has 2 heterocycles. The first-order valence-electron chi connectivity index (χ1n) is 6.94. The molecule has 0 amide bonds. The summed E-state index contributed by atoms with van der Waals surface area (Å²) in [6, 6.07) is 7.48. The molecule has 0 unspecified atom stereocenters. The molecular formula is C16H12ClN5. The fraction of sp³-hybridized carbons (Fsp3) is 0.125. The van der Waals surface area contributed by atoms with Crippen LogP contribution in [0.5, 0.6) is 0 Å². The average Bonchev–Trinajstić information content (AvgIpc) is 2.54. The second-order valence-corrected chi connectivity index (χ2v) is 5.60. The Morgan fingerprint density at radius 2 is 1.77 bits per heavy atom. The highest BCUT2D eigenvalue weighted by Crippen LogP contribution is 2.31. The molecule has 4 rings (SSSR count). The van der Waals surface area contributed by atoms with Gasteiger partial charge in [0, 0.05) is 28.5 Å². The van der Waals surface area contributed by atoms with E-state index in [2.05, 4.69) is 15.0 Å². The fourth-order valence-electron chi connectivity index (χ4n) is 2.63. The number of aromatic nitrogens is 4. The summed E-state index contributed by atoms with van der Waals surface area (Å²) in [5.74, 6) is 0.967. The van der Waals surface area contributed by atoms with E-state index in [1.165, 1.54) is 0 Å². The number of nitrogens with zero attached hydrogens (tertiary/aromatic N) is 4. The summed E-state index contributed by atoms with van der Waals surface area (Å²) < 4.78 is 0. The zero-order valence-corrected chi connectivity index (χ0v) is 12.4. The van der Waals surface area contributed by atoms with Crippen molar-refractivity contribution in [3.05, 3.63) is 52.9 Å². The topological polar surface area (TPSA) is 77.6 Å². The molecule has 6 heteroatoms. The molecule has 1 aliphatic rings. The zero-order valence-electron chi connectivity index (χ0n) is 11.6. The van der Waals surface area contributed by atoms with Gasteiger partial charge in [0.15, 0.2) is 5.82 Å². The van der Waals surface area contributed by atoms with E-state index in [1.54, 1.807) is 6.20 Å². The van der Waals surface area contributed by atoms with Gasteiger partial charge in [-0.1, -0.05) is 11.6 Å². The van der Waals surface area contributed by atoms with Crippen LogP contribution in [0.1, 0.15) is 11.3 Å². The van der Waals surface area contributed by atoms with Crippen LogP contribution in [-0.4, -0.2) is 19.9 Å². The third-order valence-electron chi connectivity index (χ3n) is 3.74. The maximum atomic E-state index is 5.93. The van der Waals surface area contributed by atoms with Gasteiger partial charge in [0.05, 0.1) is 11.4 Å². The first kappa shape index (κ1) is 13.2. The smallest absolute Gasteiger partial charge is 0.220 e. The van der Waals surface area contributed by atoms with Gasteiger partial charge in [-0.2, -0.15) is 0 Å². The van der Waals surface area contributed by atoms with Crippen molar-refractivity contribution in [2.24, 2.45) is 0 Å². The lowest BCUT2D eigenvalue weighted by molar-refractivity contribution is 0.867. The second kappa shape index (κ2) is 5.03. The van der Waals surface area contributed by atoms with Crippen molar-refractivity contribution in [3.8, 4) is 22.6 Å². The Kier molecular flexibility index (Phi) is 3.01. The Morgan fingerprint density at radius 1 is 0.955 bits per heavy atom. The first-order valence-corrected chi connectivity index (χ1v) is 7.32. The van der Waals surface area contributed by atoms with E-state index >= 15 is 0 Å². The number of nitrogens with two attached hydrogens (primary N) is 1. The summed E-state index contributed by atoms with van der Waals surface area (Å²) in [5, 5.41) is 0.691. The summed E-state index contributed by atoms with van der Waals surface area (Å²) in [7, 11) is 0. The van der Waals surface area contributed by atoms with Crippen LogP contribution in [0.25, 0.3) is 22.6 Å². The molecule has 0 spiro atoms. The van der Waals surface area contributed by atoms with Gasteiger partial charge in [-0.25, -0.2) is 19.9 Å². The Bertz CT molecular complexity index is 861. The molecule has 3 aromatic rings. The molecule has 0 fully saturated rings. The van der Waals surface area contributed by atoms with Gasteiger partial charge >= 0.3 is 0 Å². The van der Waals surface area contributed by atoms with Crippen LogP contribution in [0.4, 0.5) is 5.95 Å². The molecule has 0 atom stereocenters. The van der Waals surface area contributed by atoms with E-state index in [-0.39, 0.29) is 0 Å². The van der Waals surface area contributed by atoms with Gasteiger partial charge in [-0.15, -0.1) is 0 Å². The maximum absolute atomic E-state index is 5.93. The van der Waals surface area contributed by atoms with Gasteiger partial charge in [0.2, 0.25) is 5.95 Å². The molecule has 0 radical (unpaired) electrons. The molecule has 0 aliphatic heterocycles. The number of anilines is 1. The van der Waals surface area contributed by atoms with Crippen molar-refractivity contribution < 1.29 is 0 Å². The number of halogens is 1. The maximum Gasteiger partial charge on any atom is 0.220 e. The Labute approximate surface area is 132 Å². The van der Waals surface area contributed by atoms with Crippen LogP contribution in [0, 0.1) is 0 Å². The van der Waals surface area contributed by atoms with Gasteiger partial charge in [-0.05, 0) is 42.7 Å². The monoisotopic (exact) mass is 309 g/mol. The van der Waals surface area contributed by atoms with Crippen molar-refractivity contribution >= 4 is 17.5 Å². The zero-order chi connectivity index (χ0) is 15.1. The first-order chi connectivity index (χ1) is 10.7. The minimum absolute atomic E-state index is 0.300. The highest BCUT2D eigenvalue weighted by Gasteiger charge is 2.20. The SMILES string of the molecule is Nc1ncc2c(n1)CCc1cnc(-c3ccc(Cl)cc3)nc1-2. The van der Waals surface area contributed by atoms with Crippen LogP contribution in [0.15, 0.2) is 36.7 Å². The van der Waals surface area contributed by atoms with Gasteiger partial charge < -0.3 is 5.73 Å². The summed E-state index contributed by atoms with van der Waals surface area (Å²) in [5.41, 5.74) is 10.5. The van der Waals surface area contributed by atoms with E-state index in [0.29, 0.717) is 16.8 Å². The summed E-state index contributed by atoms with van der Waals surface area (Å²) in [6.45, 7) is 0. The normalized spacial score (nSPS) is 12.6. The number of fused-ring (bicyclic) bond motifs is 3. The standard InChI is InChI=1S/C16H12ClN5/c17-11-4-1-9(2-5-11)15-19-7-10-3-6-13-12(14(10)22-15)8-20-16(18)21-13/h1-2,4-5,7-8H,3,6H2,(H2,18,20,21). The molecular weight excluding hydrogens is 298 g/mol. The quantitative estimate of drug-likeness (QED) is 0.747. The molecule has 0 saturated heterocycles. The van der Waals surface area contributed by atoms with E-state index in [0.717, 1.165) is 40.9 Å². The van der Waals surface area contributed by atoms with Crippen LogP contribution in [0.3, 0.4) is 0 Å². The summed E-state index contributed by atoms with van der Waals surface area (Å²) in [4.78, 5) is 17.6. The number of aryl methyl sites for hydroxylation is 2. The van der Waals surface area contributed by atoms with Crippen LogP contribution >= 0.6 is 11.6 Å². The third-order valence-corrected chi connectivity index (χ3v) is 3.99. The highest BCUT2D eigenvalue weighted by molar-refractivity contribution is 6.30. The van der Waals surface area contributed by atoms with E-state index < -0.39 is 0 Å². The minimum Gasteiger partial charge on any atom is -0.368 e. The molecule has 0 saturated carbocycles. The van der Waals surface area contributed by atoms with Gasteiger partial charge in [0.25, 0.3) is 0 Å². The van der Waals surface area contributed by atoms with Crippen molar-refractivity contribution in [2.75, 3.05) is 5.73 Å². The van der Waals surface area contributed by atoms with Crippen LogP contribution < -0.4 is 5.73 Å². The Hall–Kier alpha value is -2.53. The fourth-order valence-corrected chi connectivity index (χ4v) is 2.76. The molecule has 2 N–H and O–H groups in total. The van der Waals surface area contributed by atoms with Crippen molar-refractivity contribution in [3.63, 3.8) is 0 Å². The van der Waals surface area contributed by atoms with E-state index in [4.69, 9.17) is 22.3 Å². The number of rotatable bonds is 1. The Balaban J connectivity index is 1.85. The summed E-state index contributed by atoms with van der Waals surface area (Å²) in [6.07, 6.45) is 5.32. The second-order valence-electron chi connectivity index (χ2n) is 5.16. The highest BCUT2D eigenvalue weighted by atomic mass is 35.5. The average molecular weight is 310 g/mol. The number of hydrogen-bond donors (Lipinski definition) is 1. The van der Waals surface area contributed by atoms with Crippen molar-refractivity contribution in [1.29, 1.82) is 0 Å². The van der Waals surface area contributed by atoms with Crippen LogP contribution in [0.2, 0.25) is 5.02 Å². The number of hydrogen-bond acceptors (Lipinski definition) is 5. The van der Waals surface area contributed by atoms with Crippen molar-refractivity contribution in [1.82, 2.24) is 19.9 Å². The molecule has 0 bridgehead atoms. The van der Waals surface area contributed by atoms with Crippen LogP contribution in [-0.2, 0) is 12.8 Å². The molecule has 1 aromatic carbocycles. The van der Waals surface area contributed by atoms with Crippen molar-refractivity contribution in [2.45, 2.75) is 12.8 Å². The Morgan fingerprint density at radius 3 is 2.59 bits per heavy atom. The summed E-state index contributed by atoms with van der Waals surface area (Å²) >= 11 is 5.93. The van der Waals surface area contributed by atoms with E-state index in [9.17, 15) is 0 Å². The third kappa shape index (κ3) is 2.19. The predicted octanol–water partition coefficient (Wildman–Crippen LogP) is 2.93. The molecule has 2 aromatic heterocycles. The molecule has 108 valence electrons. The lowest BCUT2D eigenvalue weighted by atomic mass is 9.94. The predicted molar refractivity (Wildman–Crippen MR) is 85.3 cm³/mol. The van der Waals surface area contributed by atoms with E-state index in [1.807, 2.05) is 30.5 Å². The number of benzene rings is 1. The molecule has 22 heavy (non-hydrogen) atoms. The van der Waals surface area contributed by atoms with Gasteiger partial charge in [0.1, 0.15) is 0 Å². The van der Waals surface area contributed by atoms with Gasteiger partial charge in [-0.3, -0.25) is 0 Å². The largest absolute Gasteiger partial charge is 0.368 e. The molecule has 1 aliphatic carbocycles. The number of nitrogen functional groups attached to an aromatic ring is 1.